The Kier molecular flexibility index (Phi) is 4.27. The van der Waals surface area contributed by atoms with Crippen LogP contribution in [0.15, 0.2) is 64.8 Å². The SMILES string of the molecule is CN1C=NC2C=CC(c3cc(F)c(Cn4cnc5cccnc5c4=O)c(F)c3)=CC21. The van der Waals surface area contributed by atoms with Crippen molar-refractivity contribution >= 4 is 22.9 Å². The van der Waals surface area contributed by atoms with Crippen LogP contribution >= 0.6 is 0 Å². The van der Waals surface area contributed by atoms with E-state index in [0.29, 0.717) is 11.1 Å². The maximum atomic E-state index is 14.9. The highest BCUT2D eigenvalue weighted by molar-refractivity contribution is 5.78. The summed E-state index contributed by atoms with van der Waals surface area (Å²) in [5.41, 5.74) is 1.12. The number of fused-ring (bicyclic) bond motifs is 2. The second kappa shape index (κ2) is 6.98. The monoisotopic (exact) mass is 405 g/mol. The molecule has 2 aromatic heterocycles. The first-order chi connectivity index (χ1) is 14.5. The van der Waals surface area contributed by atoms with Crippen LogP contribution in [0, 0.1) is 11.6 Å². The number of hydrogen-bond donors (Lipinski definition) is 0. The Bertz CT molecular complexity index is 1290. The van der Waals surface area contributed by atoms with Crippen LogP contribution in [0.2, 0.25) is 0 Å². The summed E-state index contributed by atoms with van der Waals surface area (Å²) in [4.78, 5) is 27.1. The summed E-state index contributed by atoms with van der Waals surface area (Å²) >= 11 is 0. The summed E-state index contributed by atoms with van der Waals surface area (Å²) in [6.45, 7) is -0.271. The quantitative estimate of drug-likeness (QED) is 0.672. The molecule has 2 unspecified atom stereocenters. The van der Waals surface area contributed by atoms with Crippen LogP contribution in [0.5, 0.6) is 0 Å². The van der Waals surface area contributed by atoms with Crippen molar-refractivity contribution in [2.75, 3.05) is 7.05 Å². The number of halogens is 2. The number of likely N-dealkylation sites (N-methyl/N-ethyl adjacent to an activating group) is 1. The minimum Gasteiger partial charge on any atom is -0.357 e. The number of benzene rings is 1. The fraction of sp³-hybridized carbons (Fsp3) is 0.182. The predicted molar refractivity (Wildman–Crippen MR) is 110 cm³/mol. The largest absolute Gasteiger partial charge is 0.357 e. The summed E-state index contributed by atoms with van der Waals surface area (Å²) in [5.74, 6) is -1.43. The number of pyridine rings is 1. The molecule has 0 bridgehead atoms. The minimum atomic E-state index is -0.717. The number of aromatic nitrogens is 3. The van der Waals surface area contributed by atoms with Gasteiger partial charge >= 0.3 is 0 Å². The van der Waals surface area contributed by atoms with Crippen LogP contribution in [-0.2, 0) is 6.54 Å². The van der Waals surface area contributed by atoms with Gasteiger partial charge in [0, 0.05) is 18.8 Å². The molecule has 6 nitrogen and oxygen atoms in total. The lowest BCUT2D eigenvalue weighted by Crippen LogP contribution is -2.32. The molecule has 0 amide bonds. The summed E-state index contributed by atoms with van der Waals surface area (Å²) in [5, 5.41) is 0. The van der Waals surface area contributed by atoms with E-state index < -0.39 is 17.2 Å². The van der Waals surface area contributed by atoms with Gasteiger partial charge in [0.05, 0.1) is 36.8 Å². The van der Waals surface area contributed by atoms with Crippen molar-refractivity contribution in [3.05, 3.63) is 88.1 Å². The lowest BCUT2D eigenvalue weighted by molar-refractivity contribution is 0.446. The van der Waals surface area contributed by atoms with Crippen molar-refractivity contribution in [3.8, 4) is 0 Å². The predicted octanol–water partition coefficient (Wildman–Crippen LogP) is 2.78. The highest BCUT2D eigenvalue weighted by Gasteiger charge is 2.27. The average molecular weight is 405 g/mol. The minimum absolute atomic E-state index is 0.0219. The van der Waals surface area contributed by atoms with E-state index in [2.05, 4.69) is 15.0 Å². The smallest absolute Gasteiger partial charge is 0.280 e. The molecule has 8 heteroatoms. The Labute approximate surface area is 170 Å². The zero-order chi connectivity index (χ0) is 20.8. The van der Waals surface area contributed by atoms with Crippen LogP contribution in [0.25, 0.3) is 16.6 Å². The molecule has 2 aliphatic rings. The molecule has 1 aromatic carbocycles. The van der Waals surface area contributed by atoms with Gasteiger partial charge in [-0.15, -0.1) is 0 Å². The lowest BCUT2D eigenvalue weighted by Gasteiger charge is -2.24. The fourth-order valence-electron chi connectivity index (χ4n) is 3.79. The lowest BCUT2D eigenvalue weighted by atomic mass is 9.93. The van der Waals surface area contributed by atoms with E-state index >= 15 is 0 Å². The summed E-state index contributed by atoms with van der Waals surface area (Å²) in [6.07, 6.45) is 10.2. The van der Waals surface area contributed by atoms with Gasteiger partial charge in [-0.2, -0.15) is 0 Å². The van der Waals surface area contributed by atoms with Gasteiger partial charge in [-0.3, -0.25) is 14.4 Å². The second-order valence-electron chi connectivity index (χ2n) is 7.36. The van der Waals surface area contributed by atoms with Crippen molar-refractivity contribution in [1.82, 2.24) is 19.4 Å². The van der Waals surface area contributed by atoms with Gasteiger partial charge in [-0.1, -0.05) is 18.2 Å². The maximum absolute atomic E-state index is 14.9. The Balaban J connectivity index is 1.49. The van der Waals surface area contributed by atoms with Gasteiger partial charge in [0.15, 0.2) is 5.52 Å². The Morgan fingerprint density at radius 2 is 1.97 bits per heavy atom. The van der Waals surface area contributed by atoms with E-state index in [4.69, 9.17) is 0 Å². The molecule has 0 saturated carbocycles. The molecule has 1 aliphatic carbocycles. The zero-order valence-electron chi connectivity index (χ0n) is 16.0. The van der Waals surface area contributed by atoms with Crippen molar-refractivity contribution in [2.24, 2.45) is 4.99 Å². The van der Waals surface area contributed by atoms with Gasteiger partial charge in [0.25, 0.3) is 5.56 Å². The molecule has 1 aliphatic heterocycles. The molecule has 150 valence electrons. The highest BCUT2D eigenvalue weighted by Crippen LogP contribution is 2.29. The van der Waals surface area contributed by atoms with Crippen molar-refractivity contribution in [3.63, 3.8) is 0 Å². The molecule has 0 fully saturated rings. The number of allylic oxidation sites excluding steroid dienone is 2. The third kappa shape index (κ3) is 3.01. The topological polar surface area (TPSA) is 63.4 Å². The van der Waals surface area contributed by atoms with Gasteiger partial charge in [0.2, 0.25) is 0 Å². The summed E-state index contributed by atoms with van der Waals surface area (Å²) < 4.78 is 30.9. The molecule has 3 heterocycles. The molecule has 2 atom stereocenters. The third-order valence-electron chi connectivity index (χ3n) is 5.45. The molecule has 0 spiro atoms. The van der Waals surface area contributed by atoms with Gasteiger partial charge in [-0.05, 0) is 35.4 Å². The molecular weight excluding hydrogens is 388 g/mol. The maximum Gasteiger partial charge on any atom is 0.280 e. The Morgan fingerprint density at radius 1 is 1.17 bits per heavy atom. The number of aliphatic imine (C=N–C) groups is 1. The third-order valence-corrected chi connectivity index (χ3v) is 5.45. The average Bonchev–Trinajstić information content (AvgIpc) is 3.12. The molecular formula is C22H17F2N5O. The molecule has 0 saturated heterocycles. The Hall–Kier alpha value is -3.68. The van der Waals surface area contributed by atoms with Crippen molar-refractivity contribution < 1.29 is 8.78 Å². The zero-order valence-corrected chi connectivity index (χ0v) is 16.0. The first kappa shape index (κ1) is 18.4. The van der Waals surface area contributed by atoms with E-state index in [-0.39, 0.29) is 29.7 Å². The summed E-state index contributed by atoms with van der Waals surface area (Å²) in [7, 11) is 1.91. The van der Waals surface area contributed by atoms with E-state index in [1.54, 1.807) is 18.5 Å². The standard InChI is InChI=1S/C22H17F2N5O/c1-28-11-26-18-5-4-13(9-20(18)28)14-7-16(23)15(17(24)8-14)10-29-12-27-19-3-2-6-25-21(19)22(29)30/h2-9,11-12,18,20H,10H2,1H3. The van der Waals surface area contributed by atoms with Gasteiger partial charge in [-0.25, -0.2) is 18.7 Å². The van der Waals surface area contributed by atoms with E-state index in [9.17, 15) is 13.6 Å². The van der Waals surface area contributed by atoms with Crippen LogP contribution in [0.1, 0.15) is 11.1 Å². The Morgan fingerprint density at radius 3 is 2.77 bits per heavy atom. The van der Waals surface area contributed by atoms with Crippen LogP contribution < -0.4 is 5.56 Å². The molecule has 0 radical (unpaired) electrons. The first-order valence-corrected chi connectivity index (χ1v) is 9.45. The molecule has 30 heavy (non-hydrogen) atoms. The molecule has 3 aromatic rings. The van der Waals surface area contributed by atoms with E-state index in [0.717, 1.165) is 10.1 Å². The second-order valence-corrected chi connectivity index (χ2v) is 7.36. The van der Waals surface area contributed by atoms with Crippen LogP contribution in [-0.4, -0.2) is 44.9 Å². The molecule has 0 N–H and O–H groups in total. The van der Waals surface area contributed by atoms with E-state index in [1.807, 2.05) is 30.2 Å². The first-order valence-electron chi connectivity index (χ1n) is 9.45. The highest BCUT2D eigenvalue weighted by atomic mass is 19.1. The summed E-state index contributed by atoms with van der Waals surface area (Å²) in [6, 6.07) is 5.97. The van der Waals surface area contributed by atoms with Gasteiger partial charge < -0.3 is 4.90 Å². The molecule has 5 rings (SSSR count). The van der Waals surface area contributed by atoms with E-state index in [1.165, 1.54) is 24.7 Å². The van der Waals surface area contributed by atoms with Crippen molar-refractivity contribution in [1.29, 1.82) is 0 Å². The number of hydrogen-bond acceptors (Lipinski definition) is 5. The normalized spacial score (nSPS) is 20.0. The number of rotatable bonds is 3. The number of nitrogens with zero attached hydrogens (tertiary/aromatic N) is 5. The van der Waals surface area contributed by atoms with Crippen LogP contribution in [0.4, 0.5) is 8.78 Å². The van der Waals surface area contributed by atoms with Crippen molar-refractivity contribution in [2.45, 2.75) is 18.6 Å². The van der Waals surface area contributed by atoms with Crippen LogP contribution in [0.3, 0.4) is 0 Å². The fourth-order valence-corrected chi connectivity index (χ4v) is 3.79. The van der Waals surface area contributed by atoms with Gasteiger partial charge in [0.1, 0.15) is 11.6 Å².